The summed E-state index contributed by atoms with van der Waals surface area (Å²) in [7, 11) is 1.39. The highest BCUT2D eigenvalue weighted by Crippen LogP contribution is 2.36. The summed E-state index contributed by atoms with van der Waals surface area (Å²) in [6.45, 7) is 1.86. The van der Waals surface area contributed by atoms with Crippen molar-refractivity contribution in [2.24, 2.45) is 0 Å². The maximum absolute atomic E-state index is 9.38. The van der Waals surface area contributed by atoms with E-state index >= 15 is 0 Å². The number of benzene rings is 1. The predicted octanol–water partition coefficient (Wildman–Crippen LogP) is 2.14. The molecule has 0 spiro atoms. The van der Waals surface area contributed by atoms with Gasteiger partial charge in [-0.25, -0.2) is 0 Å². The Balaban J connectivity index is 3.20. The normalized spacial score (nSPS) is 10.6. The Morgan fingerprint density at radius 3 is 2.15 bits per heavy atom. The minimum atomic E-state index is -0.0596. The summed E-state index contributed by atoms with van der Waals surface area (Å²) in [4.78, 5) is 0. The van der Waals surface area contributed by atoms with Crippen molar-refractivity contribution in [1.29, 1.82) is 0 Å². The van der Waals surface area contributed by atoms with E-state index in [1.807, 2.05) is 13.0 Å². The third kappa shape index (κ3) is 1.93. The standard InChI is InChI=1S/C10H12O3/c1-3-4-7-5-8(11)10(13-2)9(12)6-7/h3-6,11-12H,1-2H3. The van der Waals surface area contributed by atoms with Crippen LogP contribution in [0, 0.1) is 0 Å². The van der Waals surface area contributed by atoms with Crippen LogP contribution in [0.3, 0.4) is 0 Å². The van der Waals surface area contributed by atoms with E-state index in [1.54, 1.807) is 6.08 Å². The Morgan fingerprint density at radius 2 is 1.77 bits per heavy atom. The monoisotopic (exact) mass is 180 g/mol. The van der Waals surface area contributed by atoms with Gasteiger partial charge in [0.1, 0.15) is 0 Å². The topological polar surface area (TPSA) is 49.7 Å². The molecular formula is C10H12O3. The van der Waals surface area contributed by atoms with Crippen molar-refractivity contribution in [1.82, 2.24) is 0 Å². The fraction of sp³-hybridized carbons (Fsp3) is 0.200. The smallest absolute Gasteiger partial charge is 0.202 e. The highest BCUT2D eigenvalue weighted by molar-refractivity contribution is 5.60. The van der Waals surface area contributed by atoms with E-state index < -0.39 is 0 Å². The number of ether oxygens (including phenoxy) is 1. The molecule has 0 aliphatic rings. The van der Waals surface area contributed by atoms with Crippen molar-refractivity contribution < 1.29 is 14.9 Å². The van der Waals surface area contributed by atoms with Crippen LogP contribution in [-0.4, -0.2) is 17.3 Å². The van der Waals surface area contributed by atoms with Gasteiger partial charge in [-0.3, -0.25) is 0 Å². The number of hydrogen-bond donors (Lipinski definition) is 2. The van der Waals surface area contributed by atoms with E-state index in [4.69, 9.17) is 4.74 Å². The van der Waals surface area contributed by atoms with Gasteiger partial charge in [-0.1, -0.05) is 12.2 Å². The van der Waals surface area contributed by atoms with Crippen LogP contribution in [0.2, 0.25) is 0 Å². The third-order valence-corrected chi connectivity index (χ3v) is 1.64. The second-order valence-corrected chi connectivity index (χ2v) is 2.59. The van der Waals surface area contributed by atoms with Crippen LogP contribution in [0.15, 0.2) is 18.2 Å². The van der Waals surface area contributed by atoms with Gasteiger partial charge >= 0.3 is 0 Å². The zero-order valence-electron chi connectivity index (χ0n) is 7.61. The van der Waals surface area contributed by atoms with Gasteiger partial charge in [0.2, 0.25) is 5.75 Å². The highest BCUT2D eigenvalue weighted by atomic mass is 16.5. The van der Waals surface area contributed by atoms with Gasteiger partial charge in [0, 0.05) is 0 Å². The molecule has 1 aromatic carbocycles. The van der Waals surface area contributed by atoms with Crippen molar-refractivity contribution in [2.75, 3.05) is 7.11 Å². The molecular weight excluding hydrogens is 168 g/mol. The molecule has 0 radical (unpaired) electrons. The Labute approximate surface area is 76.9 Å². The van der Waals surface area contributed by atoms with Gasteiger partial charge in [0.05, 0.1) is 7.11 Å². The van der Waals surface area contributed by atoms with Crippen LogP contribution in [0.1, 0.15) is 12.5 Å². The van der Waals surface area contributed by atoms with Gasteiger partial charge in [-0.05, 0) is 24.6 Å². The van der Waals surface area contributed by atoms with E-state index in [0.29, 0.717) is 0 Å². The molecule has 0 fully saturated rings. The molecule has 0 heterocycles. The van der Waals surface area contributed by atoms with E-state index in [9.17, 15) is 10.2 Å². The van der Waals surface area contributed by atoms with Gasteiger partial charge in [0.15, 0.2) is 11.5 Å². The summed E-state index contributed by atoms with van der Waals surface area (Å²) in [6.07, 6.45) is 3.60. The summed E-state index contributed by atoms with van der Waals surface area (Å²) in [6, 6.07) is 3.05. The lowest BCUT2D eigenvalue weighted by Crippen LogP contribution is -1.85. The molecule has 0 bridgehead atoms. The first kappa shape index (κ1) is 9.45. The van der Waals surface area contributed by atoms with Crippen LogP contribution in [-0.2, 0) is 0 Å². The number of hydrogen-bond acceptors (Lipinski definition) is 3. The molecule has 3 nitrogen and oxygen atoms in total. The maximum atomic E-state index is 9.38. The molecule has 1 aromatic rings. The van der Waals surface area contributed by atoms with Gasteiger partial charge in [-0.15, -0.1) is 0 Å². The fourth-order valence-corrected chi connectivity index (χ4v) is 1.12. The van der Waals surface area contributed by atoms with E-state index in [0.717, 1.165) is 5.56 Å². The zero-order valence-corrected chi connectivity index (χ0v) is 7.61. The van der Waals surface area contributed by atoms with Crippen molar-refractivity contribution in [2.45, 2.75) is 6.92 Å². The lowest BCUT2D eigenvalue weighted by Gasteiger charge is -2.06. The molecule has 1 rings (SSSR count). The number of rotatable bonds is 2. The molecule has 3 heteroatoms. The number of aromatic hydroxyl groups is 2. The SMILES string of the molecule is CC=Cc1cc(O)c(OC)c(O)c1. The molecule has 0 aliphatic carbocycles. The lowest BCUT2D eigenvalue weighted by atomic mass is 10.1. The number of phenols is 2. The maximum Gasteiger partial charge on any atom is 0.202 e. The Kier molecular flexibility index (Phi) is 2.80. The van der Waals surface area contributed by atoms with Crippen molar-refractivity contribution >= 4 is 6.08 Å². The van der Waals surface area contributed by atoms with Crippen LogP contribution >= 0.6 is 0 Å². The van der Waals surface area contributed by atoms with Crippen LogP contribution < -0.4 is 4.74 Å². The van der Waals surface area contributed by atoms with Crippen LogP contribution in [0.5, 0.6) is 17.2 Å². The van der Waals surface area contributed by atoms with E-state index in [1.165, 1.54) is 19.2 Å². The fourth-order valence-electron chi connectivity index (χ4n) is 1.12. The first-order valence-corrected chi connectivity index (χ1v) is 3.91. The van der Waals surface area contributed by atoms with Gasteiger partial charge in [-0.2, -0.15) is 0 Å². The minimum Gasteiger partial charge on any atom is -0.504 e. The largest absolute Gasteiger partial charge is 0.504 e. The first-order chi connectivity index (χ1) is 6.19. The second-order valence-electron chi connectivity index (χ2n) is 2.59. The average molecular weight is 180 g/mol. The Morgan fingerprint density at radius 1 is 1.23 bits per heavy atom. The Hall–Kier alpha value is -1.64. The molecule has 0 amide bonds. The van der Waals surface area contributed by atoms with E-state index in [-0.39, 0.29) is 17.2 Å². The van der Waals surface area contributed by atoms with E-state index in [2.05, 4.69) is 0 Å². The number of allylic oxidation sites excluding steroid dienone is 1. The molecule has 0 atom stereocenters. The summed E-state index contributed by atoms with van der Waals surface area (Å²) in [5.74, 6) is -0.0144. The van der Waals surface area contributed by atoms with Crippen LogP contribution in [0.4, 0.5) is 0 Å². The van der Waals surface area contributed by atoms with Crippen LogP contribution in [0.25, 0.3) is 6.08 Å². The molecule has 0 saturated carbocycles. The summed E-state index contributed by atoms with van der Waals surface area (Å²) >= 11 is 0. The number of methoxy groups -OCH3 is 1. The lowest BCUT2D eigenvalue weighted by molar-refractivity contribution is 0.344. The molecule has 70 valence electrons. The molecule has 0 aromatic heterocycles. The molecule has 0 aliphatic heterocycles. The summed E-state index contributed by atoms with van der Waals surface area (Å²) in [5.41, 5.74) is 0.735. The minimum absolute atomic E-state index is 0.0596. The molecule has 0 saturated heterocycles. The highest BCUT2D eigenvalue weighted by Gasteiger charge is 2.07. The average Bonchev–Trinajstić information content (AvgIpc) is 2.04. The quantitative estimate of drug-likeness (QED) is 0.733. The molecule has 13 heavy (non-hydrogen) atoms. The predicted molar refractivity (Wildman–Crippen MR) is 51.0 cm³/mol. The second kappa shape index (κ2) is 3.85. The van der Waals surface area contributed by atoms with Gasteiger partial charge in [0.25, 0.3) is 0 Å². The summed E-state index contributed by atoms with van der Waals surface area (Å²) in [5, 5.41) is 18.8. The van der Waals surface area contributed by atoms with Gasteiger partial charge < -0.3 is 14.9 Å². The number of phenolic OH excluding ortho intramolecular Hbond substituents is 2. The molecule has 0 unspecified atom stereocenters. The van der Waals surface area contributed by atoms with Crippen molar-refractivity contribution in [3.8, 4) is 17.2 Å². The first-order valence-electron chi connectivity index (χ1n) is 3.91. The molecule has 2 N–H and O–H groups in total. The third-order valence-electron chi connectivity index (χ3n) is 1.64. The van der Waals surface area contributed by atoms with Crippen molar-refractivity contribution in [3.63, 3.8) is 0 Å². The van der Waals surface area contributed by atoms with Crippen molar-refractivity contribution in [3.05, 3.63) is 23.8 Å². The Bertz CT molecular complexity index is 306. The zero-order chi connectivity index (χ0) is 9.84. The summed E-state index contributed by atoms with van der Waals surface area (Å²) < 4.78 is 4.78.